The number of hydrogen-bond acceptors (Lipinski definition) is 2. The fourth-order valence-corrected chi connectivity index (χ4v) is 0.993. The lowest BCUT2D eigenvalue weighted by atomic mass is 9.95. The number of ether oxygens (including phenoxy) is 1. The smallest absolute Gasteiger partial charge is 0.190 e. The van der Waals surface area contributed by atoms with E-state index < -0.39 is 28.6 Å². The van der Waals surface area contributed by atoms with Crippen molar-refractivity contribution in [3.05, 3.63) is 29.6 Å². The third kappa shape index (κ3) is 3.13. The minimum absolute atomic E-state index is 0.0585. The van der Waals surface area contributed by atoms with E-state index in [4.69, 9.17) is 10.5 Å². The predicted molar refractivity (Wildman–Crippen MR) is 54.6 cm³/mol. The fourth-order valence-electron chi connectivity index (χ4n) is 0.993. The van der Waals surface area contributed by atoms with Gasteiger partial charge in [0.05, 0.1) is 6.61 Å². The number of rotatable bonds is 4. The van der Waals surface area contributed by atoms with Crippen molar-refractivity contribution in [2.75, 3.05) is 13.2 Å². The Bertz CT molecular complexity index is 356. The molecular formula is C11H14F3NO. The maximum atomic E-state index is 13.2. The summed E-state index contributed by atoms with van der Waals surface area (Å²) < 4.78 is 43.9. The van der Waals surface area contributed by atoms with Gasteiger partial charge in [-0.1, -0.05) is 13.8 Å². The highest BCUT2D eigenvalue weighted by atomic mass is 19.1. The molecule has 5 heteroatoms. The molecule has 0 aliphatic carbocycles. The number of hydrogen-bond donors (Lipinski definition) is 1. The summed E-state index contributed by atoms with van der Waals surface area (Å²) in [6.07, 6.45) is 0. The van der Waals surface area contributed by atoms with Crippen molar-refractivity contribution >= 4 is 0 Å². The Morgan fingerprint density at radius 3 is 2.12 bits per heavy atom. The van der Waals surface area contributed by atoms with Gasteiger partial charge in [-0.2, -0.15) is 0 Å². The van der Waals surface area contributed by atoms with Crippen LogP contribution in [0.5, 0.6) is 5.75 Å². The molecule has 0 saturated carbocycles. The monoisotopic (exact) mass is 233 g/mol. The van der Waals surface area contributed by atoms with Gasteiger partial charge in [-0.3, -0.25) is 0 Å². The first-order valence-corrected chi connectivity index (χ1v) is 4.83. The van der Waals surface area contributed by atoms with E-state index >= 15 is 0 Å². The molecule has 0 aliphatic heterocycles. The SMILES string of the molecule is CC(C)(CN)COc1c(F)cc(F)cc1F. The van der Waals surface area contributed by atoms with Crippen LogP contribution < -0.4 is 10.5 Å². The van der Waals surface area contributed by atoms with Crippen LogP contribution in [0.2, 0.25) is 0 Å². The molecular weight excluding hydrogens is 219 g/mol. The summed E-state index contributed by atoms with van der Waals surface area (Å²) in [6, 6.07) is 1.15. The number of benzene rings is 1. The van der Waals surface area contributed by atoms with Gasteiger partial charge in [0.2, 0.25) is 0 Å². The van der Waals surface area contributed by atoms with Gasteiger partial charge in [0.25, 0.3) is 0 Å². The van der Waals surface area contributed by atoms with Crippen LogP contribution >= 0.6 is 0 Å². The zero-order valence-electron chi connectivity index (χ0n) is 9.19. The molecule has 0 radical (unpaired) electrons. The molecule has 1 aromatic rings. The van der Waals surface area contributed by atoms with E-state index in [1.54, 1.807) is 13.8 Å². The molecule has 0 fully saturated rings. The first-order chi connectivity index (χ1) is 7.35. The minimum atomic E-state index is -1.05. The van der Waals surface area contributed by atoms with E-state index in [2.05, 4.69) is 0 Å². The summed E-state index contributed by atoms with van der Waals surface area (Å²) >= 11 is 0. The van der Waals surface area contributed by atoms with Crippen LogP contribution in [0.3, 0.4) is 0 Å². The molecule has 1 aromatic carbocycles. The second-order valence-electron chi connectivity index (χ2n) is 4.36. The Morgan fingerprint density at radius 1 is 1.19 bits per heavy atom. The third-order valence-electron chi connectivity index (χ3n) is 2.12. The van der Waals surface area contributed by atoms with E-state index in [1.807, 2.05) is 0 Å². The highest BCUT2D eigenvalue weighted by Crippen LogP contribution is 2.25. The van der Waals surface area contributed by atoms with Gasteiger partial charge >= 0.3 is 0 Å². The normalized spacial score (nSPS) is 11.6. The maximum absolute atomic E-state index is 13.2. The van der Waals surface area contributed by atoms with Crippen LogP contribution in [0, 0.1) is 22.9 Å². The van der Waals surface area contributed by atoms with Crippen LogP contribution in [0.4, 0.5) is 13.2 Å². The van der Waals surface area contributed by atoms with Crippen molar-refractivity contribution in [1.82, 2.24) is 0 Å². The number of halogens is 3. The van der Waals surface area contributed by atoms with Gasteiger partial charge < -0.3 is 10.5 Å². The zero-order chi connectivity index (χ0) is 12.3. The van der Waals surface area contributed by atoms with Gasteiger partial charge in [0.15, 0.2) is 17.4 Å². The maximum Gasteiger partial charge on any atom is 0.190 e. The van der Waals surface area contributed by atoms with Gasteiger partial charge in [0.1, 0.15) is 5.82 Å². The molecule has 16 heavy (non-hydrogen) atoms. The Hall–Kier alpha value is -1.23. The van der Waals surface area contributed by atoms with Crippen molar-refractivity contribution < 1.29 is 17.9 Å². The second-order valence-corrected chi connectivity index (χ2v) is 4.36. The fraction of sp³-hybridized carbons (Fsp3) is 0.455. The topological polar surface area (TPSA) is 35.2 Å². The van der Waals surface area contributed by atoms with Crippen LogP contribution in [0.1, 0.15) is 13.8 Å². The Morgan fingerprint density at radius 2 is 1.69 bits per heavy atom. The summed E-state index contributed by atoms with van der Waals surface area (Å²) in [5.41, 5.74) is 5.05. The molecule has 2 N–H and O–H groups in total. The molecule has 0 saturated heterocycles. The second kappa shape index (κ2) is 4.74. The molecule has 0 bridgehead atoms. The lowest BCUT2D eigenvalue weighted by Gasteiger charge is -2.22. The minimum Gasteiger partial charge on any atom is -0.487 e. The first kappa shape index (κ1) is 12.8. The molecule has 0 aliphatic rings. The summed E-state index contributed by atoms with van der Waals surface area (Å²) in [5, 5.41) is 0. The van der Waals surface area contributed by atoms with Gasteiger partial charge in [-0.15, -0.1) is 0 Å². The van der Waals surface area contributed by atoms with Crippen molar-refractivity contribution in [2.24, 2.45) is 11.1 Å². The van der Waals surface area contributed by atoms with Crippen molar-refractivity contribution in [3.8, 4) is 5.75 Å². The van der Waals surface area contributed by atoms with Crippen molar-refractivity contribution in [3.63, 3.8) is 0 Å². The average molecular weight is 233 g/mol. The largest absolute Gasteiger partial charge is 0.487 e. The summed E-state index contributed by atoms with van der Waals surface area (Å²) in [6.45, 7) is 3.97. The van der Waals surface area contributed by atoms with Crippen LogP contribution in [0.25, 0.3) is 0 Å². The van der Waals surface area contributed by atoms with Gasteiger partial charge in [-0.05, 0) is 0 Å². The Kier molecular flexibility index (Phi) is 3.80. The lowest BCUT2D eigenvalue weighted by Crippen LogP contribution is -2.30. The van der Waals surface area contributed by atoms with Crippen LogP contribution in [0.15, 0.2) is 12.1 Å². The highest BCUT2D eigenvalue weighted by molar-refractivity contribution is 5.27. The standard InChI is InChI=1S/C11H14F3NO/c1-11(2,5-15)6-16-10-8(13)3-7(12)4-9(10)14/h3-4H,5-6,15H2,1-2H3. The molecule has 0 spiro atoms. The van der Waals surface area contributed by atoms with E-state index in [0.717, 1.165) is 0 Å². The molecule has 0 atom stereocenters. The highest BCUT2D eigenvalue weighted by Gasteiger charge is 2.20. The van der Waals surface area contributed by atoms with Crippen LogP contribution in [-0.2, 0) is 0 Å². The molecule has 0 aromatic heterocycles. The van der Waals surface area contributed by atoms with E-state index in [1.165, 1.54) is 0 Å². The molecule has 1 rings (SSSR count). The summed E-state index contributed by atoms with van der Waals surface area (Å²) in [5.74, 6) is -3.64. The van der Waals surface area contributed by atoms with E-state index in [9.17, 15) is 13.2 Å². The van der Waals surface area contributed by atoms with Gasteiger partial charge in [0, 0.05) is 24.1 Å². The molecule has 90 valence electrons. The lowest BCUT2D eigenvalue weighted by molar-refractivity contribution is 0.174. The van der Waals surface area contributed by atoms with Crippen LogP contribution in [-0.4, -0.2) is 13.2 Å². The Balaban J connectivity index is 2.82. The average Bonchev–Trinajstić information content (AvgIpc) is 2.16. The molecule has 2 nitrogen and oxygen atoms in total. The first-order valence-electron chi connectivity index (χ1n) is 4.83. The van der Waals surface area contributed by atoms with Crippen molar-refractivity contribution in [2.45, 2.75) is 13.8 Å². The van der Waals surface area contributed by atoms with Crippen molar-refractivity contribution in [1.29, 1.82) is 0 Å². The van der Waals surface area contributed by atoms with E-state index in [0.29, 0.717) is 18.7 Å². The molecule has 0 amide bonds. The van der Waals surface area contributed by atoms with E-state index in [-0.39, 0.29) is 6.61 Å². The third-order valence-corrected chi connectivity index (χ3v) is 2.12. The Labute approximate surface area is 92.2 Å². The molecule has 0 unspecified atom stereocenters. The summed E-state index contributed by atoms with van der Waals surface area (Å²) in [7, 11) is 0. The predicted octanol–water partition coefficient (Wildman–Crippen LogP) is 2.47. The zero-order valence-corrected chi connectivity index (χ0v) is 9.19. The van der Waals surface area contributed by atoms with Gasteiger partial charge in [-0.25, -0.2) is 13.2 Å². The molecule has 0 heterocycles. The summed E-state index contributed by atoms with van der Waals surface area (Å²) in [4.78, 5) is 0. The number of nitrogens with two attached hydrogens (primary N) is 1. The quantitative estimate of drug-likeness (QED) is 0.867.